The molecular weight excluding hydrogens is 284 g/mol. The average molecular weight is 300 g/mol. The molecule has 0 aliphatic heterocycles. The van der Waals surface area contributed by atoms with Crippen molar-refractivity contribution in [3.63, 3.8) is 0 Å². The highest BCUT2D eigenvalue weighted by Crippen LogP contribution is 2.23. The fourth-order valence-electron chi connectivity index (χ4n) is 1.23. The molecule has 0 aliphatic carbocycles. The summed E-state index contributed by atoms with van der Waals surface area (Å²) < 4.78 is 5.10. The van der Waals surface area contributed by atoms with Crippen LogP contribution in [0.5, 0.6) is 0 Å². The maximum atomic E-state index is 8.49. The Hall–Kier alpha value is -0.0300. The Morgan fingerprint density at radius 3 is 2.41 bits per heavy atom. The third-order valence-corrected chi connectivity index (χ3v) is 2.73. The van der Waals surface area contributed by atoms with Crippen LogP contribution < -0.4 is 17.7 Å². The minimum Gasteiger partial charge on any atom is -1.00 e. The maximum Gasteiger partial charge on any atom is 0.0698 e. The first-order chi connectivity index (χ1) is 7.75. The van der Waals surface area contributed by atoms with E-state index in [-0.39, 0.29) is 19.0 Å². The zero-order valence-corrected chi connectivity index (χ0v) is 11.5. The highest BCUT2D eigenvalue weighted by molar-refractivity contribution is 6.35. The molecule has 98 valence electrons. The molecule has 6 heteroatoms. The molecule has 0 aromatic heterocycles. The molecule has 0 saturated carbocycles. The normalized spacial score (nSPS) is 10.1. The van der Waals surface area contributed by atoms with Crippen molar-refractivity contribution in [2.75, 3.05) is 26.4 Å². The SMILES string of the molecule is OCCOCCNCc1c(Cl)cccc1Cl.[Cl-]. The van der Waals surface area contributed by atoms with Gasteiger partial charge in [-0.3, -0.25) is 0 Å². The Morgan fingerprint density at radius 2 is 1.82 bits per heavy atom. The number of ether oxygens (including phenoxy) is 1. The lowest BCUT2D eigenvalue weighted by Gasteiger charge is -2.08. The molecule has 1 aromatic rings. The lowest BCUT2D eigenvalue weighted by Crippen LogP contribution is -3.00. The Labute approximate surface area is 117 Å². The van der Waals surface area contributed by atoms with Crippen molar-refractivity contribution >= 4 is 23.2 Å². The summed E-state index contributed by atoms with van der Waals surface area (Å²) in [6.07, 6.45) is 0. The van der Waals surface area contributed by atoms with Gasteiger partial charge in [-0.2, -0.15) is 0 Å². The van der Waals surface area contributed by atoms with Crippen molar-refractivity contribution in [2.45, 2.75) is 6.54 Å². The van der Waals surface area contributed by atoms with E-state index in [1.165, 1.54) is 0 Å². The zero-order valence-electron chi connectivity index (χ0n) is 9.26. The van der Waals surface area contributed by atoms with Crippen LogP contribution in [0.4, 0.5) is 0 Å². The molecule has 17 heavy (non-hydrogen) atoms. The van der Waals surface area contributed by atoms with Gasteiger partial charge in [-0.15, -0.1) is 0 Å². The fourth-order valence-corrected chi connectivity index (χ4v) is 1.76. The van der Waals surface area contributed by atoms with Crippen LogP contribution in [0.1, 0.15) is 5.56 Å². The van der Waals surface area contributed by atoms with E-state index in [1.807, 2.05) is 18.2 Å². The molecule has 0 aliphatic rings. The van der Waals surface area contributed by atoms with Crippen molar-refractivity contribution in [1.29, 1.82) is 0 Å². The average Bonchev–Trinajstić information content (AvgIpc) is 2.26. The molecule has 0 bridgehead atoms. The molecule has 0 spiro atoms. The molecule has 3 nitrogen and oxygen atoms in total. The maximum absolute atomic E-state index is 8.49. The molecular formula is C11H15Cl3NO2-. The van der Waals surface area contributed by atoms with Crippen LogP contribution in [0.15, 0.2) is 18.2 Å². The van der Waals surface area contributed by atoms with E-state index in [0.29, 0.717) is 36.3 Å². The zero-order chi connectivity index (χ0) is 11.8. The third kappa shape index (κ3) is 6.46. The summed E-state index contributed by atoms with van der Waals surface area (Å²) in [6, 6.07) is 5.44. The van der Waals surface area contributed by atoms with Crippen LogP contribution in [0.2, 0.25) is 10.0 Å². The number of nitrogens with one attached hydrogen (secondary N) is 1. The second kappa shape index (κ2) is 9.95. The van der Waals surface area contributed by atoms with Crippen molar-refractivity contribution in [1.82, 2.24) is 5.32 Å². The molecule has 0 fully saturated rings. The summed E-state index contributed by atoms with van der Waals surface area (Å²) in [5.74, 6) is 0. The van der Waals surface area contributed by atoms with Crippen molar-refractivity contribution in [3.8, 4) is 0 Å². The van der Waals surface area contributed by atoms with Gasteiger partial charge in [0.2, 0.25) is 0 Å². The van der Waals surface area contributed by atoms with Gasteiger partial charge in [-0.1, -0.05) is 29.3 Å². The Bertz CT molecular complexity index is 303. The number of benzene rings is 1. The van der Waals surface area contributed by atoms with Gasteiger partial charge in [0.1, 0.15) is 0 Å². The van der Waals surface area contributed by atoms with Gasteiger partial charge >= 0.3 is 0 Å². The van der Waals surface area contributed by atoms with Crippen molar-refractivity contribution < 1.29 is 22.3 Å². The van der Waals surface area contributed by atoms with Gasteiger partial charge in [0.15, 0.2) is 0 Å². The van der Waals surface area contributed by atoms with Gasteiger partial charge in [0.05, 0.1) is 19.8 Å². The minimum atomic E-state index is 0. The number of hydrogen-bond acceptors (Lipinski definition) is 3. The standard InChI is InChI=1S/C11H15Cl2NO2.ClH/c12-10-2-1-3-11(13)9(10)8-14-4-6-16-7-5-15;/h1-3,14-15H,4-8H2;1H/p-1. The Morgan fingerprint density at radius 1 is 1.18 bits per heavy atom. The highest BCUT2D eigenvalue weighted by Gasteiger charge is 2.03. The fraction of sp³-hybridized carbons (Fsp3) is 0.455. The molecule has 0 amide bonds. The quantitative estimate of drug-likeness (QED) is 0.641. The monoisotopic (exact) mass is 298 g/mol. The summed E-state index contributed by atoms with van der Waals surface area (Å²) in [5, 5.41) is 13.0. The lowest BCUT2D eigenvalue weighted by molar-refractivity contribution is -0.00000431. The number of halogens is 3. The summed E-state index contributed by atoms with van der Waals surface area (Å²) >= 11 is 12.0. The van der Waals surface area contributed by atoms with E-state index < -0.39 is 0 Å². The van der Waals surface area contributed by atoms with Gasteiger partial charge in [-0.25, -0.2) is 0 Å². The second-order valence-electron chi connectivity index (χ2n) is 3.21. The van der Waals surface area contributed by atoms with Gasteiger partial charge in [0.25, 0.3) is 0 Å². The first kappa shape index (κ1) is 17.0. The topological polar surface area (TPSA) is 41.5 Å². The smallest absolute Gasteiger partial charge is 0.0698 e. The molecule has 2 N–H and O–H groups in total. The third-order valence-electron chi connectivity index (χ3n) is 2.02. The lowest BCUT2D eigenvalue weighted by atomic mass is 10.2. The van der Waals surface area contributed by atoms with Crippen molar-refractivity contribution in [2.24, 2.45) is 0 Å². The summed E-state index contributed by atoms with van der Waals surface area (Å²) in [5.41, 5.74) is 0.896. The first-order valence-corrected chi connectivity index (χ1v) is 5.83. The predicted molar refractivity (Wildman–Crippen MR) is 66.1 cm³/mol. The minimum absolute atomic E-state index is 0. The van der Waals surface area contributed by atoms with Crippen LogP contribution in [0.25, 0.3) is 0 Å². The van der Waals surface area contributed by atoms with E-state index in [2.05, 4.69) is 5.32 Å². The second-order valence-corrected chi connectivity index (χ2v) is 4.03. The number of aliphatic hydroxyl groups is 1. The number of aliphatic hydroxyl groups excluding tert-OH is 1. The van der Waals surface area contributed by atoms with E-state index in [9.17, 15) is 0 Å². The van der Waals surface area contributed by atoms with E-state index >= 15 is 0 Å². The van der Waals surface area contributed by atoms with Crippen LogP contribution in [0, 0.1) is 0 Å². The summed E-state index contributed by atoms with van der Waals surface area (Å²) in [6.45, 7) is 2.29. The van der Waals surface area contributed by atoms with Crippen LogP contribution in [-0.4, -0.2) is 31.5 Å². The van der Waals surface area contributed by atoms with E-state index in [0.717, 1.165) is 5.56 Å². The molecule has 0 saturated heterocycles. The highest BCUT2D eigenvalue weighted by atomic mass is 35.5. The largest absolute Gasteiger partial charge is 1.00 e. The predicted octanol–water partition coefficient (Wildman–Crippen LogP) is -0.904. The van der Waals surface area contributed by atoms with Gasteiger partial charge in [0, 0.05) is 28.7 Å². The van der Waals surface area contributed by atoms with Gasteiger partial charge in [-0.05, 0) is 12.1 Å². The molecule has 0 heterocycles. The summed E-state index contributed by atoms with van der Waals surface area (Å²) in [7, 11) is 0. The number of rotatable bonds is 7. The van der Waals surface area contributed by atoms with Crippen LogP contribution in [-0.2, 0) is 11.3 Å². The molecule has 1 rings (SSSR count). The molecule has 1 aromatic carbocycles. The first-order valence-electron chi connectivity index (χ1n) is 5.08. The molecule has 0 atom stereocenters. The number of hydrogen-bond donors (Lipinski definition) is 2. The summed E-state index contributed by atoms with van der Waals surface area (Å²) in [4.78, 5) is 0. The van der Waals surface area contributed by atoms with E-state index in [1.54, 1.807) is 0 Å². The van der Waals surface area contributed by atoms with Crippen LogP contribution in [0.3, 0.4) is 0 Å². The van der Waals surface area contributed by atoms with Crippen LogP contribution >= 0.6 is 23.2 Å². The van der Waals surface area contributed by atoms with E-state index in [4.69, 9.17) is 33.0 Å². The Balaban J connectivity index is 0.00000256. The molecule has 0 radical (unpaired) electrons. The van der Waals surface area contributed by atoms with Gasteiger partial charge < -0.3 is 27.6 Å². The molecule has 0 unspecified atom stereocenters. The van der Waals surface area contributed by atoms with Crippen molar-refractivity contribution in [3.05, 3.63) is 33.8 Å². The Kier molecular flexibility index (Phi) is 9.93.